The maximum Gasteiger partial charge on any atom is 0.248 e. The van der Waals surface area contributed by atoms with Gasteiger partial charge in [0.05, 0.1) is 52.8 Å². The lowest BCUT2D eigenvalue weighted by Crippen LogP contribution is -2.24. The molecule has 16 nitrogen and oxygen atoms in total. The second-order valence-corrected chi connectivity index (χ2v) is 22.7. The second-order valence-electron chi connectivity index (χ2n) is 22.7. The van der Waals surface area contributed by atoms with Gasteiger partial charge >= 0.3 is 0 Å². The topological polar surface area (TPSA) is 168 Å². The van der Waals surface area contributed by atoms with E-state index in [-0.39, 0.29) is 53.8 Å². The number of hydrogen-bond donors (Lipinski definition) is 1. The average molecular weight is 1150 g/mol. The number of ether oxygens (including phenoxy) is 6. The van der Waals surface area contributed by atoms with E-state index in [9.17, 15) is 19.2 Å². The Morgan fingerprint density at radius 1 is 0.435 bits per heavy atom. The van der Waals surface area contributed by atoms with Crippen LogP contribution in [0, 0.1) is 13.1 Å². The van der Waals surface area contributed by atoms with Crippen molar-refractivity contribution < 1.29 is 47.6 Å². The first-order valence-electron chi connectivity index (χ1n) is 29.7. The summed E-state index contributed by atoms with van der Waals surface area (Å²) < 4.78 is 35.1. The lowest BCUT2D eigenvalue weighted by Gasteiger charge is -2.19. The summed E-state index contributed by atoms with van der Waals surface area (Å²) in [5.41, 5.74) is 12.5. The van der Waals surface area contributed by atoms with Crippen LogP contribution >= 0.6 is 0 Å². The fraction of sp³-hybridized carbons (Fsp3) is 0.391. The molecule has 0 aromatic heterocycles. The first-order chi connectivity index (χ1) is 41.4. The molecule has 85 heavy (non-hydrogen) atoms. The standard InChI is InChI=1S/C23H26N2O4.2C23H24N2O3/c1-28-20-10-9-15(12-21(20)29-19-7-2-3-8-19)17-13-22(26)25(14-17)18-6-4-5-16(11-18)23(24)27;1-24-18-6-5-7-19(14-18)25-15-17(13-23(25)26)16-10-11-21(27-2)22(12-16)28-20-8-3-4-9-20;1-24-18-8-10-19(11-9-18)25-15-17(14-23(25)26)16-7-12-21(27-2)22(13-16)28-20-5-3-4-6-20/h4-6,9-12,17,19H,2-3,7-8,13-14H2,1H3,(H2,24,27);5-7,10-12,14,17,20H,3-4,8-9,13,15H2,2H3;7-13,17,20H,3-6,14-15H2,2H3/t3*17-/m111/s1. The van der Waals surface area contributed by atoms with Gasteiger partial charge in [-0.15, -0.1) is 0 Å². The second kappa shape index (κ2) is 27.6. The van der Waals surface area contributed by atoms with Crippen molar-refractivity contribution in [3.8, 4) is 34.5 Å². The van der Waals surface area contributed by atoms with E-state index in [4.69, 9.17) is 47.3 Å². The fourth-order valence-electron chi connectivity index (χ4n) is 12.5. The number of methoxy groups -OCH3 is 3. The minimum atomic E-state index is -0.501. The van der Waals surface area contributed by atoms with E-state index < -0.39 is 5.91 Å². The smallest absolute Gasteiger partial charge is 0.248 e. The Morgan fingerprint density at radius 2 is 0.800 bits per heavy atom. The summed E-state index contributed by atoms with van der Waals surface area (Å²) >= 11 is 0. The highest BCUT2D eigenvalue weighted by molar-refractivity contribution is 6.00. The molecule has 0 radical (unpaired) electrons. The summed E-state index contributed by atoms with van der Waals surface area (Å²) in [4.78, 5) is 61.6. The number of anilines is 3. The van der Waals surface area contributed by atoms with E-state index in [2.05, 4.69) is 9.69 Å². The number of hydrogen-bond acceptors (Lipinski definition) is 10. The van der Waals surface area contributed by atoms with Crippen LogP contribution in [0.25, 0.3) is 9.69 Å². The Labute approximate surface area is 498 Å². The largest absolute Gasteiger partial charge is 0.493 e. The van der Waals surface area contributed by atoms with Gasteiger partial charge in [-0.3, -0.25) is 19.2 Å². The zero-order valence-electron chi connectivity index (χ0n) is 48.7. The molecule has 3 atom stereocenters. The van der Waals surface area contributed by atoms with Crippen molar-refractivity contribution in [2.75, 3.05) is 55.7 Å². The molecule has 3 saturated heterocycles. The number of carbonyl (C=O) groups excluding carboxylic acids is 4. The summed E-state index contributed by atoms with van der Waals surface area (Å²) in [7, 11) is 4.95. The molecule has 440 valence electrons. The van der Waals surface area contributed by atoms with Crippen molar-refractivity contribution in [3.05, 3.63) is 172 Å². The van der Waals surface area contributed by atoms with E-state index in [0.29, 0.717) is 61.5 Å². The Hall–Kier alpha value is -9.02. The van der Waals surface area contributed by atoms with Gasteiger partial charge in [-0.1, -0.05) is 48.5 Å². The van der Waals surface area contributed by atoms with Crippen LogP contribution < -0.4 is 48.9 Å². The minimum absolute atomic E-state index is 0.0331. The summed E-state index contributed by atoms with van der Waals surface area (Å²) in [6, 6.07) is 39.3. The lowest BCUT2D eigenvalue weighted by molar-refractivity contribution is -0.118. The predicted octanol–water partition coefficient (Wildman–Crippen LogP) is 13.8. The maximum absolute atomic E-state index is 12.7. The third kappa shape index (κ3) is 14.3. The summed E-state index contributed by atoms with van der Waals surface area (Å²) in [5, 5.41) is 0. The van der Waals surface area contributed by atoms with Gasteiger partial charge in [0.2, 0.25) is 23.6 Å². The van der Waals surface area contributed by atoms with Crippen LogP contribution in [-0.2, 0) is 14.4 Å². The van der Waals surface area contributed by atoms with Crippen molar-refractivity contribution in [1.29, 1.82) is 0 Å². The minimum Gasteiger partial charge on any atom is -0.493 e. The van der Waals surface area contributed by atoms with Crippen LogP contribution in [0.4, 0.5) is 28.4 Å². The van der Waals surface area contributed by atoms with Gasteiger partial charge in [0, 0.05) is 79.3 Å². The number of nitrogens with two attached hydrogens (primary N) is 1. The maximum atomic E-state index is 12.7. The molecule has 3 aliphatic carbocycles. The van der Waals surface area contributed by atoms with Crippen LogP contribution in [0.3, 0.4) is 0 Å². The van der Waals surface area contributed by atoms with Crippen LogP contribution in [0.2, 0.25) is 0 Å². The van der Waals surface area contributed by atoms with E-state index in [1.165, 1.54) is 38.5 Å². The number of rotatable bonds is 16. The zero-order valence-corrected chi connectivity index (χ0v) is 48.7. The molecular weight excluding hydrogens is 1070 g/mol. The molecule has 3 saturated carbocycles. The fourth-order valence-corrected chi connectivity index (χ4v) is 12.5. The number of amides is 4. The van der Waals surface area contributed by atoms with Gasteiger partial charge in [0.25, 0.3) is 0 Å². The molecule has 0 spiro atoms. The van der Waals surface area contributed by atoms with Gasteiger partial charge in [-0.25, -0.2) is 9.69 Å². The van der Waals surface area contributed by atoms with Gasteiger partial charge in [-0.2, -0.15) is 0 Å². The molecule has 16 heteroatoms. The van der Waals surface area contributed by atoms with Crippen molar-refractivity contribution in [1.82, 2.24) is 0 Å². The highest BCUT2D eigenvalue weighted by atomic mass is 16.5. The third-order valence-corrected chi connectivity index (χ3v) is 17.1. The molecule has 6 aliphatic rings. The molecule has 6 fully saturated rings. The molecule has 2 N–H and O–H groups in total. The van der Waals surface area contributed by atoms with E-state index in [1.54, 1.807) is 78.5 Å². The van der Waals surface area contributed by atoms with Gasteiger partial charge in [0.15, 0.2) is 45.9 Å². The Bertz CT molecular complexity index is 3450. The third-order valence-electron chi connectivity index (χ3n) is 17.1. The predicted molar refractivity (Wildman–Crippen MR) is 327 cm³/mol. The quantitative estimate of drug-likeness (QED) is 0.0921. The molecule has 3 heterocycles. The summed E-state index contributed by atoms with van der Waals surface area (Å²) in [5.74, 6) is 4.48. The summed E-state index contributed by atoms with van der Waals surface area (Å²) in [6.07, 6.45) is 15.8. The van der Waals surface area contributed by atoms with Crippen LogP contribution in [0.5, 0.6) is 34.5 Å². The first-order valence-corrected chi connectivity index (χ1v) is 29.7. The zero-order chi connectivity index (χ0) is 59.4. The molecule has 6 aromatic rings. The molecule has 0 unspecified atom stereocenters. The Balaban J connectivity index is 0.000000142. The number of carbonyl (C=O) groups is 4. The van der Waals surface area contributed by atoms with Gasteiger partial charge in [0.1, 0.15) is 0 Å². The SMILES string of the molecule is COc1ccc([C@@H]2CC(=O)N(c3cccc(C(N)=O)c3)C2)cc1OC1CCCC1.[C-]#[N+]c1ccc(N2C[C@H](c3ccc(OC)c(OC4CCCC4)c3)CC2=O)cc1.[C-]#[N+]c1cccc(N2C[C@H](c3ccc(OC)c(OC4CCCC4)c3)CC2=O)c1. The average Bonchev–Trinajstić information content (AvgIpc) is 3.79. The van der Waals surface area contributed by atoms with E-state index in [1.807, 2.05) is 84.9 Å². The van der Waals surface area contributed by atoms with Crippen molar-refractivity contribution in [2.45, 2.75) is 132 Å². The van der Waals surface area contributed by atoms with Crippen LogP contribution in [0.15, 0.2) is 127 Å². The molecule has 4 amide bonds. The number of benzene rings is 6. The normalized spacial score (nSPS) is 19.6. The lowest BCUT2D eigenvalue weighted by atomic mass is 9.98. The molecular formula is C69H74N6O10. The van der Waals surface area contributed by atoms with Crippen molar-refractivity contribution >= 4 is 52.1 Å². The molecule has 6 aromatic carbocycles. The Kier molecular flexibility index (Phi) is 19.2. The summed E-state index contributed by atoms with van der Waals surface area (Å²) in [6.45, 7) is 16.0. The highest BCUT2D eigenvalue weighted by Crippen LogP contribution is 2.42. The van der Waals surface area contributed by atoms with Crippen molar-refractivity contribution in [3.63, 3.8) is 0 Å². The first kappa shape index (κ1) is 59.2. The molecule has 3 aliphatic heterocycles. The monoisotopic (exact) mass is 1150 g/mol. The highest BCUT2D eigenvalue weighted by Gasteiger charge is 2.36. The Morgan fingerprint density at radius 3 is 1.16 bits per heavy atom. The van der Waals surface area contributed by atoms with Crippen LogP contribution in [0.1, 0.15) is 141 Å². The van der Waals surface area contributed by atoms with E-state index >= 15 is 0 Å². The van der Waals surface area contributed by atoms with Crippen molar-refractivity contribution in [2.24, 2.45) is 5.73 Å². The number of nitrogens with zero attached hydrogens (tertiary/aromatic N) is 5. The number of primary amides is 1. The van der Waals surface area contributed by atoms with E-state index in [0.717, 1.165) is 101 Å². The van der Waals surface area contributed by atoms with Gasteiger partial charge < -0.3 is 48.9 Å². The molecule has 12 rings (SSSR count). The molecule has 0 bridgehead atoms. The van der Waals surface area contributed by atoms with Crippen LogP contribution in [-0.4, -0.2) is 82.9 Å². The van der Waals surface area contributed by atoms with Gasteiger partial charge in [-0.05, 0) is 173 Å².